The molecule has 1 atom stereocenters. The highest BCUT2D eigenvalue weighted by molar-refractivity contribution is 6.00. The van der Waals surface area contributed by atoms with Crippen molar-refractivity contribution in [1.29, 1.82) is 0 Å². The maximum absolute atomic E-state index is 11.3. The van der Waals surface area contributed by atoms with E-state index in [-0.39, 0.29) is 18.2 Å². The molecule has 0 aromatic carbocycles. The van der Waals surface area contributed by atoms with Crippen LogP contribution < -0.4 is 10.6 Å². The first-order chi connectivity index (χ1) is 8.96. The summed E-state index contributed by atoms with van der Waals surface area (Å²) >= 11 is 0. The first kappa shape index (κ1) is 16.8. The molecule has 1 aliphatic rings. The molecule has 106 valence electrons. The van der Waals surface area contributed by atoms with Gasteiger partial charge in [0, 0.05) is 26.6 Å². The Morgan fingerprint density at radius 2 is 2.05 bits per heavy atom. The van der Waals surface area contributed by atoms with Gasteiger partial charge in [-0.15, -0.1) is 0 Å². The molecule has 2 N–H and O–H groups in total. The topological polar surface area (TPSA) is 95.6 Å². The van der Waals surface area contributed by atoms with Crippen molar-refractivity contribution in [3.63, 3.8) is 0 Å². The molecule has 7 heteroatoms. The number of imide groups is 1. The van der Waals surface area contributed by atoms with Gasteiger partial charge in [-0.05, 0) is 13.3 Å². The minimum atomic E-state index is -0.554. The Morgan fingerprint density at radius 1 is 1.47 bits per heavy atom. The van der Waals surface area contributed by atoms with E-state index in [1.165, 1.54) is 18.0 Å². The first-order valence-corrected chi connectivity index (χ1v) is 5.83. The van der Waals surface area contributed by atoms with Crippen molar-refractivity contribution >= 4 is 24.1 Å². The van der Waals surface area contributed by atoms with Gasteiger partial charge in [-0.2, -0.15) is 0 Å². The zero-order valence-corrected chi connectivity index (χ0v) is 11.3. The summed E-state index contributed by atoms with van der Waals surface area (Å²) in [7, 11) is 1.60. The lowest BCUT2D eigenvalue weighted by Gasteiger charge is -2.27. The van der Waals surface area contributed by atoms with Gasteiger partial charge in [0.25, 0.3) is 0 Å². The molecule has 0 aliphatic carbocycles. The SMILES string of the molecule is C/C=C\N(C=O)C1CCC(=O)NC1=O.CNC(C)=O. The molecule has 1 aliphatic heterocycles. The third-order valence-electron chi connectivity index (χ3n) is 2.36. The third-order valence-corrected chi connectivity index (χ3v) is 2.36. The zero-order valence-electron chi connectivity index (χ0n) is 11.3. The summed E-state index contributed by atoms with van der Waals surface area (Å²) in [6.45, 7) is 3.22. The molecule has 0 radical (unpaired) electrons. The molecule has 7 nitrogen and oxygen atoms in total. The predicted octanol–water partition coefficient (Wildman–Crippen LogP) is -0.464. The third kappa shape index (κ3) is 6.35. The van der Waals surface area contributed by atoms with Crippen LogP contribution in [-0.4, -0.2) is 42.1 Å². The predicted molar refractivity (Wildman–Crippen MR) is 68.6 cm³/mol. The molecule has 1 saturated heterocycles. The highest BCUT2D eigenvalue weighted by atomic mass is 16.2. The van der Waals surface area contributed by atoms with E-state index in [0.29, 0.717) is 12.8 Å². The molecule has 1 unspecified atom stereocenters. The molecule has 19 heavy (non-hydrogen) atoms. The van der Waals surface area contributed by atoms with Gasteiger partial charge in [-0.3, -0.25) is 24.5 Å². The number of nitrogens with one attached hydrogen (secondary N) is 2. The van der Waals surface area contributed by atoms with Gasteiger partial charge >= 0.3 is 0 Å². The molecule has 0 spiro atoms. The van der Waals surface area contributed by atoms with E-state index in [2.05, 4.69) is 10.6 Å². The lowest BCUT2D eigenvalue weighted by atomic mass is 10.1. The Hall–Kier alpha value is -2.18. The summed E-state index contributed by atoms with van der Waals surface area (Å²) in [6.07, 6.45) is 4.43. The standard InChI is InChI=1S/C9H12N2O3.C3H7NO/c1-2-5-11(6-12)7-3-4-8(13)10-9(7)14;1-3(5)4-2/h2,5-7H,3-4H2,1H3,(H,10,13,14);1-2H3,(H,4,5)/b5-2-;. The summed E-state index contributed by atoms with van der Waals surface area (Å²) < 4.78 is 0. The fourth-order valence-corrected chi connectivity index (χ4v) is 1.35. The van der Waals surface area contributed by atoms with Gasteiger partial charge < -0.3 is 10.2 Å². The van der Waals surface area contributed by atoms with Crippen LogP contribution in [0, 0.1) is 0 Å². The van der Waals surface area contributed by atoms with Crippen LogP contribution in [0.3, 0.4) is 0 Å². The largest absolute Gasteiger partial charge is 0.359 e. The summed E-state index contributed by atoms with van der Waals surface area (Å²) in [4.78, 5) is 43.7. The van der Waals surface area contributed by atoms with Crippen molar-refractivity contribution in [3.05, 3.63) is 12.3 Å². The van der Waals surface area contributed by atoms with Gasteiger partial charge in [0.05, 0.1) is 0 Å². The number of hydrogen-bond donors (Lipinski definition) is 2. The molecular formula is C12H19N3O4. The Labute approximate surface area is 112 Å². The smallest absolute Gasteiger partial charge is 0.249 e. The molecule has 0 aromatic rings. The Bertz CT molecular complexity index is 379. The fourth-order valence-electron chi connectivity index (χ4n) is 1.35. The fraction of sp³-hybridized carbons (Fsp3) is 0.500. The van der Waals surface area contributed by atoms with Crippen LogP contribution in [0.4, 0.5) is 0 Å². The van der Waals surface area contributed by atoms with Crippen molar-refractivity contribution < 1.29 is 19.2 Å². The number of rotatable bonds is 3. The second-order valence-electron chi connectivity index (χ2n) is 3.81. The Morgan fingerprint density at radius 3 is 2.42 bits per heavy atom. The molecule has 1 fully saturated rings. The van der Waals surface area contributed by atoms with E-state index in [4.69, 9.17) is 0 Å². The molecule has 1 rings (SSSR count). The number of allylic oxidation sites excluding steroid dienone is 1. The van der Waals surface area contributed by atoms with Crippen LogP contribution in [0.2, 0.25) is 0 Å². The Kier molecular flexibility index (Phi) is 7.83. The van der Waals surface area contributed by atoms with Gasteiger partial charge in [-0.25, -0.2) is 0 Å². The van der Waals surface area contributed by atoms with Gasteiger partial charge in [0.15, 0.2) is 0 Å². The molecule has 1 heterocycles. The maximum atomic E-state index is 11.3. The van der Waals surface area contributed by atoms with Crippen molar-refractivity contribution in [2.45, 2.75) is 32.7 Å². The van der Waals surface area contributed by atoms with Crippen molar-refractivity contribution in [2.24, 2.45) is 0 Å². The van der Waals surface area contributed by atoms with Crippen LogP contribution >= 0.6 is 0 Å². The molecule has 0 bridgehead atoms. The van der Waals surface area contributed by atoms with Gasteiger partial charge in [0.1, 0.15) is 6.04 Å². The number of piperidine rings is 1. The number of carbonyl (C=O) groups excluding carboxylic acids is 4. The Balaban J connectivity index is 0.000000555. The van der Waals surface area contributed by atoms with Crippen LogP contribution in [0.5, 0.6) is 0 Å². The van der Waals surface area contributed by atoms with Crippen LogP contribution in [0.25, 0.3) is 0 Å². The van der Waals surface area contributed by atoms with Crippen molar-refractivity contribution in [1.82, 2.24) is 15.5 Å². The van der Waals surface area contributed by atoms with E-state index >= 15 is 0 Å². The van der Waals surface area contributed by atoms with Gasteiger partial charge in [0.2, 0.25) is 24.1 Å². The maximum Gasteiger partial charge on any atom is 0.249 e. The van der Waals surface area contributed by atoms with Crippen molar-refractivity contribution in [3.8, 4) is 0 Å². The molecule has 0 saturated carbocycles. The van der Waals surface area contributed by atoms with Crippen LogP contribution in [0.1, 0.15) is 26.7 Å². The second-order valence-corrected chi connectivity index (χ2v) is 3.81. The molecular weight excluding hydrogens is 250 g/mol. The van der Waals surface area contributed by atoms with E-state index in [1.54, 1.807) is 20.0 Å². The quantitative estimate of drug-likeness (QED) is 0.535. The summed E-state index contributed by atoms with van der Waals surface area (Å²) in [5, 5.41) is 4.58. The highest BCUT2D eigenvalue weighted by Crippen LogP contribution is 2.10. The highest BCUT2D eigenvalue weighted by Gasteiger charge is 2.29. The van der Waals surface area contributed by atoms with Crippen LogP contribution in [-0.2, 0) is 19.2 Å². The summed E-state index contributed by atoms with van der Waals surface area (Å²) in [6, 6.07) is -0.554. The van der Waals surface area contributed by atoms with E-state index in [9.17, 15) is 19.2 Å². The first-order valence-electron chi connectivity index (χ1n) is 5.83. The average Bonchev–Trinajstić information content (AvgIpc) is 2.37. The van der Waals surface area contributed by atoms with Crippen LogP contribution in [0.15, 0.2) is 12.3 Å². The summed E-state index contributed by atoms with van der Waals surface area (Å²) in [5.41, 5.74) is 0. The van der Waals surface area contributed by atoms with Crippen molar-refractivity contribution in [2.75, 3.05) is 7.05 Å². The minimum absolute atomic E-state index is 0.00463. The zero-order chi connectivity index (χ0) is 14.8. The lowest BCUT2D eigenvalue weighted by molar-refractivity contribution is -0.139. The number of carbonyl (C=O) groups is 4. The number of nitrogens with zero attached hydrogens (tertiary/aromatic N) is 1. The molecule has 4 amide bonds. The summed E-state index contributed by atoms with van der Waals surface area (Å²) in [5.74, 6) is -0.686. The van der Waals surface area contributed by atoms with E-state index in [1.807, 2.05) is 0 Å². The normalized spacial score (nSPS) is 18.2. The monoisotopic (exact) mass is 269 g/mol. The second kappa shape index (κ2) is 8.84. The van der Waals surface area contributed by atoms with E-state index < -0.39 is 11.9 Å². The number of amides is 4. The molecule has 0 aromatic heterocycles. The van der Waals surface area contributed by atoms with E-state index in [0.717, 1.165) is 0 Å². The number of hydrogen-bond acceptors (Lipinski definition) is 4. The lowest BCUT2D eigenvalue weighted by Crippen LogP contribution is -2.50. The minimum Gasteiger partial charge on any atom is -0.359 e. The average molecular weight is 269 g/mol. The van der Waals surface area contributed by atoms with Gasteiger partial charge in [-0.1, -0.05) is 6.08 Å².